The third kappa shape index (κ3) is 2.90. The molecule has 4 nitrogen and oxygen atoms in total. The van der Waals surface area contributed by atoms with E-state index in [1.54, 1.807) is 0 Å². The number of carbonyl (C=O) groups is 2. The van der Waals surface area contributed by atoms with Gasteiger partial charge in [0.05, 0.1) is 11.1 Å². The lowest BCUT2D eigenvalue weighted by Gasteiger charge is -2.22. The van der Waals surface area contributed by atoms with Gasteiger partial charge in [0.25, 0.3) is 0 Å². The molecule has 1 aliphatic carbocycles. The van der Waals surface area contributed by atoms with Crippen LogP contribution in [0.3, 0.4) is 0 Å². The number of hydrogen-bond acceptors (Lipinski definition) is 2. The van der Waals surface area contributed by atoms with Crippen molar-refractivity contribution in [2.75, 3.05) is 0 Å². The SMILES string of the molecule is O=C(O)c1ccc(C(=O)O)cc1.c1ccc2c(c1)-c1ccccc1-2. The number of carboxylic acid groups (broad SMARTS) is 2. The summed E-state index contributed by atoms with van der Waals surface area (Å²) in [5, 5.41) is 16.9. The highest BCUT2D eigenvalue weighted by Gasteiger charge is 2.19. The number of benzene rings is 3. The molecule has 0 aliphatic heterocycles. The van der Waals surface area contributed by atoms with Gasteiger partial charge in [0, 0.05) is 0 Å². The van der Waals surface area contributed by atoms with Gasteiger partial charge in [0.1, 0.15) is 0 Å². The van der Waals surface area contributed by atoms with Crippen LogP contribution in [0.5, 0.6) is 0 Å². The summed E-state index contributed by atoms with van der Waals surface area (Å²) in [5.74, 6) is -2.13. The van der Waals surface area contributed by atoms with Crippen LogP contribution in [0.15, 0.2) is 72.8 Å². The van der Waals surface area contributed by atoms with Gasteiger partial charge in [-0.2, -0.15) is 0 Å². The molecule has 1 aliphatic rings. The van der Waals surface area contributed by atoms with Crippen molar-refractivity contribution in [2.24, 2.45) is 0 Å². The molecule has 0 aromatic heterocycles. The largest absolute Gasteiger partial charge is 0.478 e. The molecule has 3 aromatic carbocycles. The van der Waals surface area contributed by atoms with Crippen molar-refractivity contribution in [3.63, 3.8) is 0 Å². The summed E-state index contributed by atoms with van der Waals surface area (Å²) < 4.78 is 0. The minimum atomic E-state index is -1.06. The van der Waals surface area contributed by atoms with Crippen molar-refractivity contribution in [1.29, 1.82) is 0 Å². The predicted octanol–water partition coefficient (Wildman–Crippen LogP) is 4.42. The average molecular weight is 318 g/mol. The second-order valence-corrected chi connectivity index (χ2v) is 5.28. The Morgan fingerprint density at radius 3 is 0.958 bits per heavy atom. The fraction of sp³-hybridized carbons (Fsp3) is 0. The van der Waals surface area contributed by atoms with Gasteiger partial charge >= 0.3 is 11.9 Å². The Labute approximate surface area is 138 Å². The number of hydrogen-bond donors (Lipinski definition) is 2. The maximum absolute atomic E-state index is 10.3. The average Bonchev–Trinajstić information content (AvgIpc) is 2.60. The van der Waals surface area contributed by atoms with Crippen molar-refractivity contribution in [1.82, 2.24) is 0 Å². The lowest BCUT2D eigenvalue weighted by molar-refractivity contribution is 0.0681. The smallest absolute Gasteiger partial charge is 0.335 e. The maximum Gasteiger partial charge on any atom is 0.335 e. The minimum Gasteiger partial charge on any atom is -0.478 e. The van der Waals surface area contributed by atoms with Gasteiger partial charge in [-0.3, -0.25) is 0 Å². The van der Waals surface area contributed by atoms with E-state index in [2.05, 4.69) is 48.5 Å². The fourth-order valence-electron chi connectivity index (χ4n) is 2.60. The predicted molar refractivity (Wildman–Crippen MR) is 91.2 cm³/mol. The van der Waals surface area contributed by atoms with Crippen LogP contribution in [0.2, 0.25) is 0 Å². The zero-order valence-corrected chi connectivity index (χ0v) is 12.6. The number of rotatable bonds is 2. The molecular weight excluding hydrogens is 304 g/mol. The maximum atomic E-state index is 10.3. The fourth-order valence-corrected chi connectivity index (χ4v) is 2.60. The van der Waals surface area contributed by atoms with Crippen molar-refractivity contribution in [3.05, 3.63) is 83.9 Å². The van der Waals surface area contributed by atoms with E-state index in [0.717, 1.165) is 0 Å². The number of aromatic carboxylic acids is 2. The van der Waals surface area contributed by atoms with Gasteiger partial charge in [0.15, 0.2) is 0 Å². The Kier molecular flexibility index (Phi) is 4.12. The standard InChI is InChI=1S/C12H8.C8H6O4/c1-2-6-10-9(5-1)11-7-3-4-8-12(10)11;9-7(10)5-1-2-6(4-3-5)8(11)12/h1-8H;1-4H,(H,9,10)(H,11,12). The van der Waals surface area contributed by atoms with Gasteiger partial charge in [-0.25, -0.2) is 9.59 Å². The zero-order valence-electron chi connectivity index (χ0n) is 12.6. The summed E-state index contributed by atoms with van der Waals surface area (Å²) in [6.45, 7) is 0. The van der Waals surface area contributed by atoms with Gasteiger partial charge in [-0.15, -0.1) is 0 Å². The van der Waals surface area contributed by atoms with Crippen LogP contribution in [0.25, 0.3) is 22.3 Å². The lowest BCUT2D eigenvalue weighted by Crippen LogP contribution is -1.99. The van der Waals surface area contributed by atoms with Gasteiger partial charge in [-0.1, -0.05) is 48.5 Å². The normalized spacial score (nSPS) is 10.3. The molecule has 24 heavy (non-hydrogen) atoms. The van der Waals surface area contributed by atoms with Gasteiger partial charge in [0.2, 0.25) is 0 Å². The van der Waals surface area contributed by atoms with Gasteiger partial charge < -0.3 is 10.2 Å². The first kappa shape index (κ1) is 15.5. The molecule has 0 amide bonds. The van der Waals surface area contributed by atoms with E-state index in [0.29, 0.717) is 0 Å². The van der Waals surface area contributed by atoms with Crippen molar-refractivity contribution >= 4 is 11.9 Å². The molecule has 0 unspecified atom stereocenters. The Morgan fingerprint density at radius 2 is 0.750 bits per heavy atom. The van der Waals surface area contributed by atoms with Crippen molar-refractivity contribution < 1.29 is 19.8 Å². The summed E-state index contributed by atoms with van der Waals surface area (Å²) >= 11 is 0. The van der Waals surface area contributed by atoms with E-state index in [4.69, 9.17) is 10.2 Å². The first-order valence-electron chi connectivity index (χ1n) is 7.33. The van der Waals surface area contributed by atoms with Crippen LogP contribution in [0.1, 0.15) is 20.7 Å². The quantitative estimate of drug-likeness (QED) is 0.574. The Bertz CT molecular complexity index is 778. The minimum absolute atomic E-state index is 0.0833. The Hall–Kier alpha value is -3.40. The van der Waals surface area contributed by atoms with E-state index in [1.807, 2.05) is 0 Å². The first-order chi connectivity index (χ1) is 11.6. The molecule has 0 saturated carbocycles. The summed E-state index contributed by atoms with van der Waals surface area (Å²) in [6.07, 6.45) is 0. The molecule has 0 saturated heterocycles. The molecule has 0 spiro atoms. The van der Waals surface area contributed by atoms with Crippen LogP contribution in [-0.2, 0) is 0 Å². The summed E-state index contributed by atoms with van der Waals surface area (Å²) in [7, 11) is 0. The molecule has 0 heterocycles. The van der Waals surface area contributed by atoms with Crippen LogP contribution in [0.4, 0.5) is 0 Å². The molecule has 0 radical (unpaired) electrons. The summed E-state index contributed by atoms with van der Waals surface area (Å²) in [6, 6.07) is 22.1. The third-order valence-electron chi connectivity index (χ3n) is 3.81. The van der Waals surface area contributed by atoms with E-state index >= 15 is 0 Å². The summed E-state index contributed by atoms with van der Waals surface area (Å²) in [4.78, 5) is 20.7. The highest BCUT2D eigenvalue weighted by Crippen LogP contribution is 2.46. The van der Waals surface area contributed by atoms with E-state index in [-0.39, 0.29) is 11.1 Å². The van der Waals surface area contributed by atoms with Crippen LogP contribution in [0, 0.1) is 0 Å². The third-order valence-corrected chi connectivity index (χ3v) is 3.81. The highest BCUT2D eigenvalue weighted by molar-refractivity contribution is 6.02. The molecule has 3 aromatic rings. The summed E-state index contributed by atoms with van der Waals surface area (Å²) in [5.41, 5.74) is 5.75. The Balaban J connectivity index is 0.000000141. The molecular formula is C20H14O4. The van der Waals surface area contributed by atoms with Crippen LogP contribution < -0.4 is 0 Å². The topological polar surface area (TPSA) is 74.6 Å². The molecule has 0 atom stereocenters. The molecule has 4 rings (SSSR count). The Morgan fingerprint density at radius 1 is 0.500 bits per heavy atom. The monoisotopic (exact) mass is 318 g/mol. The van der Waals surface area contributed by atoms with Crippen LogP contribution >= 0.6 is 0 Å². The molecule has 4 heteroatoms. The molecule has 0 bridgehead atoms. The molecule has 0 fully saturated rings. The van der Waals surface area contributed by atoms with E-state index in [9.17, 15) is 9.59 Å². The number of fused-ring (bicyclic) bond motifs is 4. The molecule has 118 valence electrons. The highest BCUT2D eigenvalue weighted by atomic mass is 16.4. The van der Waals surface area contributed by atoms with E-state index < -0.39 is 11.9 Å². The van der Waals surface area contributed by atoms with Gasteiger partial charge in [-0.05, 0) is 46.5 Å². The molecule has 2 N–H and O–H groups in total. The van der Waals surface area contributed by atoms with Crippen molar-refractivity contribution in [2.45, 2.75) is 0 Å². The van der Waals surface area contributed by atoms with Crippen LogP contribution in [-0.4, -0.2) is 22.2 Å². The van der Waals surface area contributed by atoms with E-state index in [1.165, 1.54) is 46.5 Å². The number of carboxylic acids is 2. The first-order valence-corrected chi connectivity index (χ1v) is 7.33. The second kappa shape index (κ2) is 6.38. The zero-order chi connectivity index (χ0) is 17.1. The van der Waals surface area contributed by atoms with Crippen molar-refractivity contribution in [3.8, 4) is 22.3 Å². The second-order valence-electron chi connectivity index (χ2n) is 5.28. The lowest BCUT2D eigenvalue weighted by atomic mass is 9.81.